The first-order valence-corrected chi connectivity index (χ1v) is 5.40. The van der Waals surface area contributed by atoms with E-state index >= 15 is 0 Å². The van der Waals surface area contributed by atoms with Crippen molar-refractivity contribution in [1.82, 2.24) is 5.32 Å². The van der Waals surface area contributed by atoms with Gasteiger partial charge in [0.05, 0.1) is 4.92 Å². The summed E-state index contributed by atoms with van der Waals surface area (Å²) in [4.78, 5) is 23.6. The number of rotatable bonds is 2. The molecule has 6 nitrogen and oxygen atoms in total. The Morgan fingerprint density at radius 3 is 2.88 bits per heavy atom. The van der Waals surface area contributed by atoms with E-state index in [1.165, 1.54) is 11.0 Å². The van der Waals surface area contributed by atoms with Crippen LogP contribution in [0.25, 0.3) is 0 Å². The first-order chi connectivity index (χ1) is 8.09. The van der Waals surface area contributed by atoms with Crippen LogP contribution in [0.1, 0.15) is 12.0 Å². The van der Waals surface area contributed by atoms with E-state index in [0.717, 1.165) is 12.0 Å². The lowest BCUT2D eigenvalue weighted by molar-refractivity contribution is -0.384. The van der Waals surface area contributed by atoms with E-state index < -0.39 is 4.92 Å². The molecule has 0 aliphatic carbocycles. The van der Waals surface area contributed by atoms with Crippen LogP contribution in [-0.2, 0) is 0 Å². The van der Waals surface area contributed by atoms with E-state index in [4.69, 9.17) is 0 Å². The van der Waals surface area contributed by atoms with E-state index in [0.29, 0.717) is 18.8 Å². The lowest BCUT2D eigenvalue weighted by Gasteiger charge is -2.27. The fraction of sp³-hybridized carbons (Fsp3) is 0.364. The van der Waals surface area contributed by atoms with Gasteiger partial charge in [0.1, 0.15) is 5.69 Å². The molecule has 0 radical (unpaired) electrons. The van der Waals surface area contributed by atoms with Gasteiger partial charge in [-0.15, -0.1) is 0 Å². The van der Waals surface area contributed by atoms with Gasteiger partial charge >= 0.3 is 6.03 Å². The summed E-state index contributed by atoms with van der Waals surface area (Å²) in [5.41, 5.74) is 1.23. The average Bonchev–Trinajstić information content (AvgIpc) is 2.29. The van der Waals surface area contributed by atoms with E-state index in [1.54, 1.807) is 12.1 Å². The molecular weight excluding hydrogens is 222 g/mol. The number of benzene rings is 1. The molecule has 2 rings (SSSR count). The van der Waals surface area contributed by atoms with Crippen molar-refractivity contribution >= 4 is 17.4 Å². The first-order valence-electron chi connectivity index (χ1n) is 5.40. The van der Waals surface area contributed by atoms with E-state index in [-0.39, 0.29) is 11.7 Å². The summed E-state index contributed by atoms with van der Waals surface area (Å²) >= 11 is 0. The predicted molar refractivity (Wildman–Crippen MR) is 63.2 cm³/mol. The molecule has 2 amide bonds. The fourth-order valence-corrected chi connectivity index (χ4v) is 1.86. The molecule has 0 aromatic heterocycles. The molecule has 1 fully saturated rings. The Labute approximate surface area is 98.4 Å². The van der Waals surface area contributed by atoms with Crippen molar-refractivity contribution in [3.05, 3.63) is 33.9 Å². The van der Waals surface area contributed by atoms with Crippen molar-refractivity contribution in [2.75, 3.05) is 18.0 Å². The molecule has 1 aliphatic rings. The zero-order chi connectivity index (χ0) is 12.4. The maximum Gasteiger partial charge on any atom is 0.322 e. The van der Waals surface area contributed by atoms with Gasteiger partial charge in [-0.2, -0.15) is 0 Å². The topological polar surface area (TPSA) is 75.5 Å². The summed E-state index contributed by atoms with van der Waals surface area (Å²) < 4.78 is 0. The van der Waals surface area contributed by atoms with Gasteiger partial charge in [-0.05, 0) is 25.0 Å². The van der Waals surface area contributed by atoms with Crippen LogP contribution in [0.15, 0.2) is 18.2 Å². The molecule has 6 heteroatoms. The molecule has 90 valence electrons. The van der Waals surface area contributed by atoms with Crippen LogP contribution in [0, 0.1) is 17.0 Å². The number of anilines is 1. The molecule has 1 heterocycles. The van der Waals surface area contributed by atoms with Crippen molar-refractivity contribution in [2.45, 2.75) is 13.3 Å². The molecule has 1 saturated heterocycles. The van der Waals surface area contributed by atoms with Crippen molar-refractivity contribution in [3.63, 3.8) is 0 Å². The van der Waals surface area contributed by atoms with E-state index in [2.05, 4.69) is 5.32 Å². The molecule has 0 atom stereocenters. The normalized spacial score (nSPS) is 15.6. The number of nitrogens with zero attached hydrogens (tertiary/aromatic N) is 2. The summed E-state index contributed by atoms with van der Waals surface area (Å²) in [5.74, 6) is 0. The van der Waals surface area contributed by atoms with Gasteiger partial charge in [0.2, 0.25) is 0 Å². The highest BCUT2D eigenvalue weighted by molar-refractivity contribution is 5.95. The summed E-state index contributed by atoms with van der Waals surface area (Å²) in [5, 5.41) is 13.6. The van der Waals surface area contributed by atoms with Gasteiger partial charge < -0.3 is 5.32 Å². The quantitative estimate of drug-likeness (QED) is 0.627. The monoisotopic (exact) mass is 235 g/mol. The van der Waals surface area contributed by atoms with Crippen molar-refractivity contribution in [1.29, 1.82) is 0 Å². The Bertz CT molecular complexity index is 473. The van der Waals surface area contributed by atoms with Crippen LogP contribution >= 0.6 is 0 Å². The molecule has 0 saturated carbocycles. The number of nitro benzene ring substituents is 1. The van der Waals surface area contributed by atoms with Crippen LogP contribution in [0.3, 0.4) is 0 Å². The maximum atomic E-state index is 11.7. The van der Waals surface area contributed by atoms with Crippen molar-refractivity contribution in [2.24, 2.45) is 0 Å². The third-order valence-corrected chi connectivity index (χ3v) is 2.70. The fourth-order valence-electron chi connectivity index (χ4n) is 1.86. The second-order valence-electron chi connectivity index (χ2n) is 3.99. The lowest BCUT2D eigenvalue weighted by atomic mass is 10.1. The molecule has 1 N–H and O–H groups in total. The largest absolute Gasteiger partial charge is 0.338 e. The highest BCUT2D eigenvalue weighted by Crippen LogP contribution is 2.30. The highest BCUT2D eigenvalue weighted by Gasteiger charge is 2.26. The Morgan fingerprint density at radius 1 is 1.47 bits per heavy atom. The number of nitro groups is 1. The molecule has 1 aromatic rings. The van der Waals surface area contributed by atoms with Gasteiger partial charge in [0, 0.05) is 19.2 Å². The van der Waals surface area contributed by atoms with Crippen LogP contribution in [0.2, 0.25) is 0 Å². The van der Waals surface area contributed by atoms with Gasteiger partial charge in [-0.25, -0.2) is 4.79 Å². The SMILES string of the molecule is Cc1ccc([N+](=O)[O-])c(N2CCCNC2=O)c1. The highest BCUT2D eigenvalue weighted by atomic mass is 16.6. The first kappa shape index (κ1) is 11.4. The van der Waals surface area contributed by atoms with Gasteiger partial charge in [0.15, 0.2) is 0 Å². The molecule has 0 spiro atoms. The van der Waals surface area contributed by atoms with E-state index in [1.807, 2.05) is 6.92 Å². The Morgan fingerprint density at radius 2 is 2.24 bits per heavy atom. The number of aryl methyl sites for hydroxylation is 1. The van der Waals surface area contributed by atoms with Crippen LogP contribution in [0.4, 0.5) is 16.2 Å². The summed E-state index contributed by atoms with van der Waals surface area (Å²) in [7, 11) is 0. The third-order valence-electron chi connectivity index (χ3n) is 2.70. The van der Waals surface area contributed by atoms with Crippen molar-refractivity contribution in [3.8, 4) is 0 Å². The van der Waals surface area contributed by atoms with Gasteiger partial charge in [-0.3, -0.25) is 15.0 Å². The number of carbonyl (C=O) groups is 1. The molecule has 0 unspecified atom stereocenters. The van der Waals surface area contributed by atoms with Crippen LogP contribution in [0.5, 0.6) is 0 Å². The Balaban J connectivity index is 2.45. The second-order valence-corrected chi connectivity index (χ2v) is 3.99. The maximum absolute atomic E-state index is 11.7. The van der Waals surface area contributed by atoms with E-state index in [9.17, 15) is 14.9 Å². The number of carbonyl (C=O) groups excluding carboxylic acids is 1. The van der Waals surface area contributed by atoms with Gasteiger partial charge in [0.25, 0.3) is 5.69 Å². The molecule has 17 heavy (non-hydrogen) atoms. The lowest BCUT2D eigenvalue weighted by Crippen LogP contribution is -2.46. The molecule has 0 bridgehead atoms. The zero-order valence-corrected chi connectivity index (χ0v) is 9.47. The second kappa shape index (κ2) is 4.40. The molecule has 1 aliphatic heterocycles. The number of hydrogen-bond donors (Lipinski definition) is 1. The number of nitrogens with one attached hydrogen (secondary N) is 1. The molecule has 1 aromatic carbocycles. The van der Waals surface area contributed by atoms with Gasteiger partial charge in [-0.1, -0.05) is 6.07 Å². The standard InChI is InChI=1S/C11H13N3O3/c1-8-3-4-9(14(16)17)10(7-8)13-6-2-5-12-11(13)15/h3-4,7H,2,5-6H2,1H3,(H,12,15). The third kappa shape index (κ3) is 2.20. The Hall–Kier alpha value is -2.11. The molecular formula is C11H13N3O3. The predicted octanol–water partition coefficient (Wildman–Crippen LogP) is 1.82. The minimum absolute atomic E-state index is 0.0346. The Kier molecular flexibility index (Phi) is 2.95. The summed E-state index contributed by atoms with van der Waals surface area (Å²) in [6.45, 7) is 2.97. The smallest absolute Gasteiger partial charge is 0.322 e. The zero-order valence-electron chi connectivity index (χ0n) is 9.47. The van der Waals surface area contributed by atoms with Crippen LogP contribution in [-0.4, -0.2) is 24.0 Å². The summed E-state index contributed by atoms with van der Waals surface area (Å²) in [6.07, 6.45) is 0.789. The van der Waals surface area contributed by atoms with Crippen LogP contribution < -0.4 is 10.2 Å². The minimum Gasteiger partial charge on any atom is -0.338 e. The summed E-state index contributed by atoms with van der Waals surface area (Å²) in [6, 6.07) is 4.50. The number of amides is 2. The minimum atomic E-state index is -0.462. The number of urea groups is 1. The van der Waals surface area contributed by atoms with Crippen molar-refractivity contribution < 1.29 is 9.72 Å². The number of hydrogen-bond acceptors (Lipinski definition) is 3. The average molecular weight is 235 g/mol.